The van der Waals surface area contributed by atoms with E-state index in [1.54, 1.807) is 0 Å². The first-order valence-electron chi connectivity index (χ1n) is 2.74. The van der Waals surface area contributed by atoms with E-state index in [4.69, 9.17) is 5.84 Å². The van der Waals surface area contributed by atoms with Crippen LogP contribution < -0.4 is 5.84 Å². The molecule has 0 unspecified atom stereocenters. The van der Waals surface area contributed by atoms with E-state index in [0.717, 1.165) is 6.42 Å². The second kappa shape index (κ2) is 2.64. The van der Waals surface area contributed by atoms with Crippen molar-refractivity contribution in [3.05, 3.63) is 0 Å². The van der Waals surface area contributed by atoms with E-state index < -0.39 is 0 Å². The molecule has 0 bridgehead atoms. The second-order valence-electron chi connectivity index (χ2n) is 2.38. The topological polar surface area (TPSA) is 50.7 Å². The maximum atomic E-state index is 4.85. The van der Waals surface area contributed by atoms with Gasteiger partial charge in [0.25, 0.3) is 0 Å². The Morgan fingerprint density at radius 1 is 1.50 bits per heavy atom. The molecule has 0 amide bonds. The van der Waals surface area contributed by atoms with Crippen molar-refractivity contribution in [1.29, 1.82) is 0 Å². The molecular formula is C5H13N3. The van der Waals surface area contributed by atoms with Crippen LogP contribution in [-0.4, -0.2) is 5.54 Å². The molecule has 0 saturated carbocycles. The van der Waals surface area contributed by atoms with Gasteiger partial charge in [0.05, 0.1) is 5.54 Å². The van der Waals surface area contributed by atoms with E-state index in [-0.39, 0.29) is 5.54 Å². The maximum absolute atomic E-state index is 4.85. The summed E-state index contributed by atoms with van der Waals surface area (Å²) in [6.07, 6.45) is 0.966. The van der Waals surface area contributed by atoms with Gasteiger partial charge < -0.3 is 5.84 Å². The quantitative estimate of drug-likeness (QED) is 0.331. The first-order valence-corrected chi connectivity index (χ1v) is 2.74. The molecule has 0 aliphatic carbocycles. The number of nitrogens with zero attached hydrogens (tertiary/aromatic N) is 2. The number of hydrogen-bond acceptors (Lipinski definition) is 2. The Balaban J connectivity index is 3.71. The molecule has 2 N–H and O–H groups in total. The number of nitrogens with two attached hydrogens (primary N) is 1. The van der Waals surface area contributed by atoms with Crippen molar-refractivity contribution in [2.45, 2.75) is 32.7 Å². The Labute approximate surface area is 50.0 Å². The number of rotatable bonds is 2. The van der Waals surface area contributed by atoms with Gasteiger partial charge in [-0.2, -0.15) is 5.11 Å². The lowest BCUT2D eigenvalue weighted by atomic mass is 10.0. The monoisotopic (exact) mass is 115 g/mol. The fourth-order valence-corrected chi connectivity index (χ4v) is 0.227. The molecule has 0 aromatic rings. The van der Waals surface area contributed by atoms with Crippen LogP contribution in [-0.2, 0) is 0 Å². The average Bonchev–Trinajstić information content (AvgIpc) is 1.67. The van der Waals surface area contributed by atoms with Crippen molar-refractivity contribution in [3.8, 4) is 0 Å². The molecule has 0 aliphatic rings. The summed E-state index contributed by atoms with van der Waals surface area (Å²) in [6.45, 7) is 6.03. The highest BCUT2D eigenvalue weighted by Gasteiger charge is 2.11. The predicted molar refractivity (Wildman–Crippen MR) is 33.4 cm³/mol. The van der Waals surface area contributed by atoms with Crippen molar-refractivity contribution >= 4 is 0 Å². The van der Waals surface area contributed by atoms with Gasteiger partial charge in [-0.25, -0.2) is 0 Å². The van der Waals surface area contributed by atoms with E-state index in [1.807, 2.05) is 13.8 Å². The van der Waals surface area contributed by atoms with Crippen molar-refractivity contribution in [2.24, 2.45) is 16.2 Å². The lowest BCUT2D eigenvalue weighted by molar-refractivity contribution is 0.473. The molecule has 3 nitrogen and oxygen atoms in total. The van der Waals surface area contributed by atoms with Crippen LogP contribution in [0.15, 0.2) is 10.3 Å². The van der Waals surface area contributed by atoms with Crippen LogP contribution >= 0.6 is 0 Å². The highest BCUT2D eigenvalue weighted by Crippen LogP contribution is 2.12. The van der Waals surface area contributed by atoms with Gasteiger partial charge in [0, 0.05) is 0 Å². The van der Waals surface area contributed by atoms with Gasteiger partial charge in [0.1, 0.15) is 0 Å². The third-order valence-corrected chi connectivity index (χ3v) is 1.19. The number of hydrogen-bond donors (Lipinski definition) is 1. The molecule has 0 spiro atoms. The molecule has 0 heterocycles. The minimum atomic E-state index is -0.0747. The van der Waals surface area contributed by atoms with E-state index >= 15 is 0 Å². The standard InChI is InChI=1S/C5H13N3/c1-4-5(2,3)7-8-6/h4H2,1-3H3,(H2,6,7). The summed E-state index contributed by atoms with van der Waals surface area (Å²) >= 11 is 0. The van der Waals surface area contributed by atoms with Gasteiger partial charge in [-0.1, -0.05) is 12.1 Å². The summed E-state index contributed by atoms with van der Waals surface area (Å²) in [5, 5.41) is 6.98. The Bertz CT molecular complexity index is 85.7. The van der Waals surface area contributed by atoms with Crippen LogP contribution in [0.3, 0.4) is 0 Å². The van der Waals surface area contributed by atoms with Gasteiger partial charge in [0.15, 0.2) is 0 Å². The molecule has 0 fully saturated rings. The summed E-state index contributed by atoms with van der Waals surface area (Å²) in [5.41, 5.74) is -0.0747. The van der Waals surface area contributed by atoms with E-state index in [2.05, 4.69) is 17.3 Å². The predicted octanol–water partition coefficient (Wildman–Crippen LogP) is 1.50. The molecule has 48 valence electrons. The molecule has 0 saturated heterocycles. The minimum Gasteiger partial charge on any atom is -0.305 e. The van der Waals surface area contributed by atoms with Gasteiger partial charge >= 0.3 is 0 Å². The van der Waals surface area contributed by atoms with E-state index in [0.29, 0.717) is 0 Å². The molecule has 0 aromatic heterocycles. The molecule has 0 atom stereocenters. The van der Waals surface area contributed by atoms with Crippen molar-refractivity contribution in [3.63, 3.8) is 0 Å². The van der Waals surface area contributed by atoms with Gasteiger partial charge in [0.2, 0.25) is 0 Å². The molecule has 0 radical (unpaired) electrons. The SMILES string of the molecule is CCC(C)(C)N=NN. The fourth-order valence-electron chi connectivity index (χ4n) is 0.227. The van der Waals surface area contributed by atoms with E-state index in [9.17, 15) is 0 Å². The van der Waals surface area contributed by atoms with Crippen LogP contribution in [0.5, 0.6) is 0 Å². The second-order valence-corrected chi connectivity index (χ2v) is 2.38. The summed E-state index contributed by atoms with van der Waals surface area (Å²) in [6, 6.07) is 0. The van der Waals surface area contributed by atoms with Crippen LogP contribution in [0, 0.1) is 0 Å². The fraction of sp³-hybridized carbons (Fsp3) is 1.00. The van der Waals surface area contributed by atoms with Crippen molar-refractivity contribution < 1.29 is 0 Å². The molecular weight excluding hydrogens is 102 g/mol. The molecule has 0 aliphatic heterocycles. The molecule has 3 heteroatoms. The Morgan fingerprint density at radius 2 is 2.00 bits per heavy atom. The lowest BCUT2D eigenvalue weighted by Crippen LogP contribution is -2.13. The Kier molecular flexibility index (Phi) is 2.45. The van der Waals surface area contributed by atoms with Gasteiger partial charge in [-0.3, -0.25) is 0 Å². The first kappa shape index (κ1) is 7.40. The zero-order valence-electron chi connectivity index (χ0n) is 5.68. The third kappa shape index (κ3) is 2.55. The Morgan fingerprint density at radius 3 is 2.12 bits per heavy atom. The largest absolute Gasteiger partial charge is 0.305 e. The third-order valence-electron chi connectivity index (χ3n) is 1.19. The smallest absolute Gasteiger partial charge is 0.0778 e. The Hall–Kier alpha value is -0.600. The highest BCUT2D eigenvalue weighted by atomic mass is 15.3. The zero-order chi connectivity index (χ0) is 6.62. The van der Waals surface area contributed by atoms with Crippen LogP contribution in [0.25, 0.3) is 0 Å². The van der Waals surface area contributed by atoms with Gasteiger partial charge in [-0.05, 0) is 20.3 Å². The van der Waals surface area contributed by atoms with Crippen molar-refractivity contribution in [1.82, 2.24) is 0 Å². The molecule has 8 heavy (non-hydrogen) atoms. The molecule has 0 rings (SSSR count). The summed E-state index contributed by atoms with van der Waals surface area (Å²) < 4.78 is 0. The van der Waals surface area contributed by atoms with E-state index in [1.165, 1.54) is 0 Å². The summed E-state index contributed by atoms with van der Waals surface area (Å²) in [4.78, 5) is 0. The minimum absolute atomic E-state index is 0.0747. The zero-order valence-corrected chi connectivity index (χ0v) is 5.68. The molecule has 0 aromatic carbocycles. The maximum Gasteiger partial charge on any atom is 0.0778 e. The highest BCUT2D eigenvalue weighted by molar-refractivity contribution is 4.71. The average molecular weight is 115 g/mol. The van der Waals surface area contributed by atoms with Crippen LogP contribution in [0.1, 0.15) is 27.2 Å². The van der Waals surface area contributed by atoms with Gasteiger partial charge in [-0.15, -0.1) is 0 Å². The van der Waals surface area contributed by atoms with Crippen molar-refractivity contribution in [2.75, 3.05) is 0 Å². The van der Waals surface area contributed by atoms with Crippen LogP contribution in [0.4, 0.5) is 0 Å². The normalized spacial score (nSPS) is 12.9. The summed E-state index contributed by atoms with van der Waals surface area (Å²) in [7, 11) is 0. The lowest BCUT2D eigenvalue weighted by Gasteiger charge is -2.12. The van der Waals surface area contributed by atoms with Crippen LogP contribution in [0.2, 0.25) is 0 Å². The first-order chi connectivity index (χ1) is 3.62. The summed E-state index contributed by atoms with van der Waals surface area (Å²) in [5.74, 6) is 4.85.